The molecule has 0 atom stereocenters. The normalized spacial score (nSPS) is 27.5. The quantitative estimate of drug-likeness (QED) is 0.431. The molecule has 0 unspecified atom stereocenters. The lowest BCUT2D eigenvalue weighted by Crippen LogP contribution is -2.46. The molecule has 0 aromatic carbocycles. The van der Waals surface area contributed by atoms with Crippen LogP contribution in [0.5, 0.6) is 0 Å². The van der Waals surface area contributed by atoms with E-state index in [2.05, 4.69) is 30.9 Å². The second-order valence-corrected chi connectivity index (χ2v) is 9.22. The fourth-order valence-electron chi connectivity index (χ4n) is 2.14. The van der Waals surface area contributed by atoms with Crippen molar-refractivity contribution in [3.05, 3.63) is 0 Å². The second kappa shape index (κ2) is 4.39. The van der Waals surface area contributed by atoms with Crippen molar-refractivity contribution in [3.63, 3.8) is 0 Å². The van der Waals surface area contributed by atoms with Crippen molar-refractivity contribution in [2.45, 2.75) is 25.7 Å². The van der Waals surface area contributed by atoms with Gasteiger partial charge in [-0.15, -0.1) is 0 Å². The molecule has 2 aliphatic rings. The maximum Gasteiger partial charge on any atom is 0.259 e. The molecule has 4 heteroatoms. The Labute approximate surface area is 89.3 Å². The highest BCUT2D eigenvalue weighted by molar-refractivity contribution is 14.1. The lowest BCUT2D eigenvalue weighted by Gasteiger charge is -2.28. The highest BCUT2D eigenvalue weighted by Crippen LogP contribution is 2.20. The first-order valence-corrected chi connectivity index (χ1v) is 10.2. The van der Waals surface area contributed by atoms with E-state index in [4.69, 9.17) is 0 Å². The molecule has 2 heterocycles. The SMILES string of the molecule is I[SiH](N1CCCC1)N1CCCC1. The van der Waals surface area contributed by atoms with Gasteiger partial charge in [-0.2, -0.15) is 0 Å². The van der Waals surface area contributed by atoms with E-state index in [1.165, 1.54) is 51.9 Å². The first-order valence-electron chi connectivity index (χ1n) is 5.00. The van der Waals surface area contributed by atoms with Crippen LogP contribution in [-0.4, -0.2) is 41.9 Å². The van der Waals surface area contributed by atoms with Crippen LogP contribution >= 0.6 is 21.8 Å². The highest BCUT2D eigenvalue weighted by atomic mass is 127. The molecular formula is C8H17IN2Si. The predicted molar refractivity (Wildman–Crippen MR) is 62.8 cm³/mol. The molecule has 0 aromatic heterocycles. The van der Waals surface area contributed by atoms with Gasteiger partial charge in [-0.05, 0) is 51.9 Å². The van der Waals surface area contributed by atoms with E-state index in [1.54, 1.807) is 0 Å². The van der Waals surface area contributed by atoms with Crippen molar-refractivity contribution < 1.29 is 0 Å². The summed E-state index contributed by atoms with van der Waals surface area (Å²) in [7, 11) is 0. The Balaban J connectivity index is 1.84. The van der Waals surface area contributed by atoms with Crippen LogP contribution in [0.4, 0.5) is 0 Å². The van der Waals surface area contributed by atoms with Gasteiger partial charge in [0.05, 0.1) is 0 Å². The minimum Gasteiger partial charge on any atom is -0.306 e. The van der Waals surface area contributed by atoms with Crippen LogP contribution < -0.4 is 0 Å². The van der Waals surface area contributed by atoms with E-state index in [9.17, 15) is 0 Å². The first-order chi connectivity index (χ1) is 5.88. The maximum atomic E-state index is 2.76. The van der Waals surface area contributed by atoms with E-state index < -0.39 is 6.62 Å². The molecule has 12 heavy (non-hydrogen) atoms. The van der Waals surface area contributed by atoms with Crippen LogP contribution in [0.1, 0.15) is 25.7 Å². The van der Waals surface area contributed by atoms with Crippen molar-refractivity contribution in [3.8, 4) is 0 Å². The van der Waals surface area contributed by atoms with Crippen LogP contribution in [-0.2, 0) is 0 Å². The average Bonchev–Trinajstić information content (AvgIpc) is 2.77. The molecule has 2 fully saturated rings. The Bertz CT molecular complexity index is 128. The molecule has 70 valence electrons. The Morgan fingerprint density at radius 1 is 0.750 bits per heavy atom. The van der Waals surface area contributed by atoms with Crippen LogP contribution in [0.2, 0.25) is 0 Å². The molecule has 0 N–H and O–H groups in total. The summed E-state index contributed by atoms with van der Waals surface area (Å²) in [6.45, 7) is 4.87. The third kappa shape index (κ3) is 2.02. The summed E-state index contributed by atoms with van der Waals surface area (Å²) in [5.41, 5.74) is 0. The van der Waals surface area contributed by atoms with E-state index in [-0.39, 0.29) is 0 Å². The fraction of sp³-hybridized carbons (Fsp3) is 1.00. The highest BCUT2D eigenvalue weighted by Gasteiger charge is 2.28. The summed E-state index contributed by atoms with van der Waals surface area (Å²) in [6, 6.07) is 0. The molecule has 2 aliphatic heterocycles. The Kier molecular flexibility index (Phi) is 3.45. The van der Waals surface area contributed by atoms with Crippen molar-refractivity contribution in [2.24, 2.45) is 0 Å². The third-order valence-electron chi connectivity index (χ3n) is 2.88. The second-order valence-electron chi connectivity index (χ2n) is 3.80. The topological polar surface area (TPSA) is 6.48 Å². The summed E-state index contributed by atoms with van der Waals surface area (Å²) in [5, 5.41) is 0. The van der Waals surface area contributed by atoms with Crippen molar-refractivity contribution >= 4 is 28.4 Å². The van der Waals surface area contributed by atoms with Gasteiger partial charge in [0.25, 0.3) is 6.62 Å². The molecule has 0 aliphatic carbocycles. The minimum atomic E-state index is -0.670. The summed E-state index contributed by atoms with van der Waals surface area (Å²) < 4.78 is 5.51. The fourth-order valence-corrected chi connectivity index (χ4v) is 7.53. The zero-order chi connectivity index (χ0) is 8.39. The van der Waals surface area contributed by atoms with E-state index in [1.807, 2.05) is 0 Å². The van der Waals surface area contributed by atoms with Crippen LogP contribution in [0.3, 0.4) is 0 Å². The van der Waals surface area contributed by atoms with E-state index in [0.717, 1.165) is 0 Å². The van der Waals surface area contributed by atoms with Crippen molar-refractivity contribution in [1.82, 2.24) is 9.13 Å². The zero-order valence-electron chi connectivity index (χ0n) is 7.51. The van der Waals surface area contributed by atoms with Gasteiger partial charge in [0.2, 0.25) is 0 Å². The van der Waals surface area contributed by atoms with Gasteiger partial charge in [0.15, 0.2) is 0 Å². The largest absolute Gasteiger partial charge is 0.306 e. The monoisotopic (exact) mass is 296 g/mol. The molecule has 0 saturated carbocycles. The molecule has 0 bridgehead atoms. The summed E-state index contributed by atoms with van der Waals surface area (Å²) >= 11 is 2.74. The smallest absolute Gasteiger partial charge is 0.259 e. The van der Waals surface area contributed by atoms with Crippen molar-refractivity contribution in [1.29, 1.82) is 0 Å². The van der Waals surface area contributed by atoms with Crippen LogP contribution in [0.25, 0.3) is 0 Å². The maximum absolute atomic E-state index is 2.76. The number of nitrogens with zero attached hydrogens (tertiary/aromatic N) is 2. The number of hydrogen-bond acceptors (Lipinski definition) is 2. The minimum absolute atomic E-state index is 0.670. The van der Waals surface area contributed by atoms with E-state index in [0.29, 0.717) is 0 Å². The molecule has 0 spiro atoms. The van der Waals surface area contributed by atoms with Gasteiger partial charge < -0.3 is 9.13 Å². The zero-order valence-corrected chi connectivity index (χ0v) is 10.8. The molecular weight excluding hydrogens is 279 g/mol. The van der Waals surface area contributed by atoms with Gasteiger partial charge in [-0.1, -0.05) is 21.8 Å². The molecule has 0 radical (unpaired) electrons. The van der Waals surface area contributed by atoms with Gasteiger partial charge in [-0.25, -0.2) is 0 Å². The molecule has 0 aromatic rings. The first kappa shape index (κ1) is 9.42. The van der Waals surface area contributed by atoms with Gasteiger partial charge in [0, 0.05) is 0 Å². The summed E-state index contributed by atoms with van der Waals surface area (Å²) in [4.78, 5) is 0. The lowest BCUT2D eigenvalue weighted by molar-refractivity contribution is 0.447. The van der Waals surface area contributed by atoms with Crippen molar-refractivity contribution in [2.75, 3.05) is 26.2 Å². The van der Waals surface area contributed by atoms with Gasteiger partial charge in [0.1, 0.15) is 0 Å². The number of rotatable bonds is 2. The van der Waals surface area contributed by atoms with E-state index >= 15 is 0 Å². The predicted octanol–water partition coefficient (Wildman–Crippen LogP) is 1.33. The lowest BCUT2D eigenvalue weighted by atomic mass is 10.4. The van der Waals surface area contributed by atoms with Gasteiger partial charge >= 0.3 is 0 Å². The standard InChI is InChI=1S/C8H17IN2Si/c9-12(10-5-1-2-6-10)11-7-3-4-8-11/h12H,1-8H2. The molecule has 2 saturated heterocycles. The van der Waals surface area contributed by atoms with Crippen LogP contribution in [0, 0.1) is 0 Å². The summed E-state index contributed by atoms with van der Waals surface area (Å²) in [6.07, 6.45) is 5.78. The Morgan fingerprint density at radius 3 is 1.42 bits per heavy atom. The number of halogens is 1. The molecule has 2 nitrogen and oxygen atoms in total. The van der Waals surface area contributed by atoms with Crippen LogP contribution in [0.15, 0.2) is 0 Å². The number of hydrogen-bond donors (Lipinski definition) is 0. The molecule has 0 amide bonds. The van der Waals surface area contributed by atoms with Gasteiger partial charge in [-0.3, -0.25) is 0 Å². The summed E-state index contributed by atoms with van der Waals surface area (Å²) in [5.74, 6) is 0. The third-order valence-corrected chi connectivity index (χ3v) is 9.85. The Hall–Kier alpha value is 0.867. The average molecular weight is 296 g/mol. The Morgan fingerprint density at radius 2 is 1.08 bits per heavy atom. The molecule has 2 rings (SSSR count).